The molecule has 154 valence electrons. The van der Waals surface area contributed by atoms with Gasteiger partial charge in [-0.25, -0.2) is 8.42 Å². The third-order valence-corrected chi connectivity index (χ3v) is 6.86. The maximum Gasteiger partial charge on any atom is 0.245 e. The van der Waals surface area contributed by atoms with E-state index < -0.39 is 16.1 Å². The van der Waals surface area contributed by atoms with Crippen molar-refractivity contribution in [3.8, 4) is 11.4 Å². The Kier molecular flexibility index (Phi) is 5.86. The van der Waals surface area contributed by atoms with Crippen LogP contribution in [0, 0.1) is 33.6 Å². The second-order valence-electron chi connectivity index (χ2n) is 7.63. The number of nitrogens with one attached hydrogen (secondary N) is 1. The molecule has 0 radical (unpaired) electrons. The maximum atomic E-state index is 13.3. The van der Waals surface area contributed by atoms with E-state index in [1.807, 2.05) is 53.7 Å². The molecule has 0 aliphatic rings. The van der Waals surface area contributed by atoms with E-state index in [1.54, 1.807) is 18.5 Å². The first kappa shape index (κ1) is 21.1. The molecule has 7 nitrogen and oxygen atoms in total. The average Bonchev–Trinajstić information content (AvgIpc) is 3.15. The van der Waals surface area contributed by atoms with Gasteiger partial charge in [-0.3, -0.25) is 4.98 Å². The van der Waals surface area contributed by atoms with Crippen molar-refractivity contribution >= 4 is 10.0 Å². The minimum absolute atomic E-state index is 0.0986. The van der Waals surface area contributed by atoms with Gasteiger partial charge in [0.1, 0.15) is 6.04 Å². The lowest BCUT2D eigenvalue weighted by atomic mass is 10.0. The summed E-state index contributed by atoms with van der Waals surface area (Å²) in [5.74, 6) is 0.498. The van der Waals surface area contributed by atoms with Gasteiger partial charge >= 0.3 is 0 Å². The number of hydrogen-bond donors (Lipinski definition) is 1. The molecule has 3 rings (SSSR count). The van der Waals surface area contributed by atoms with Crippen molar-refractivity contribution in [3.05, 3.63) is 58.7 Å². The Balaban J connectivity index is 2.00. The van der Waals surface area contributed by atoms with Crippen LogP contribution in [0.1, 0.15) is 48.0 Å². The van der Waals surface area contributed by atoms with Crippen molar-refractivity contribution in [2.45, 2.75) is 52.5 Å². The molecule has 1 aromatic carbocycles. The summed E-state index contributed by atoms with van der Waals surface area (Å²) in [6.07, 6.45) is 3.29. The molecule has 0 saturated carbocycles. The number of aromatic nitrogens is 3. The molecule has 29 heavy (non-hydrogen) atoms. The van der Waals surface area contributed by atoms with Crippen molar-refractivity contribution in [2.24, 2.45) is 5.92 Å². The number of sulfonamides is 1. The number of aryl methyl sites for hydroxylation is 2. The fourth-order valence-electron chi connectivity index (χ4n) is 3.26. The highest BCUT2D eigenvalue weighted by Crippen LogP contribution is 2.30. The van der Waals surface area contributed by atoms with Gasteiger partial charge in [-0.2, -0.15) is 9.71 Å². The molecule has 1 N–H and O–H groups in total. The Morgan fingerprint density at radius 1 is 1.07 bits per heavy atom. The van der Waals surface area contributed by atoms with Crippen LogP contribution in [0.3, 0.4) is 0 Å². The highest BCUT2D eigenvalue weighted by Gasteiger charge is 2.31. The van der Waals surface area contributed by atoms with Gasteiger partial charge in [0.25, 0.3) is 0 Å². The molecule has 2 heterocycles. The minimum Gasteiger partial charge on any atom is -0.337 e. The Labute approximate surface area is 171 Å². The van der Waals surface area contributed by atoms with Gasteiger partial charge in [-0.15, -0.1) is 0 Å². The lowest BCUT2D eigenvalue weighted by Gasteiger charge is -2.21. The number of hydrogen-bond acceptors (Lipinski definition) is 6. The zero-order valence-corrected chi connectivity index (χ0v) is 18.3. The SMILES string of the molecule is Cc1cc(C)c(C)c(S(=O)(=O)NC(c2nc(-c3cccnc3)no2)C(C)C)c1C. The maximum absolute atomic E-state index is 13.3. The highest BCUT2D eigenvalue weighted by molar-refractivity contribution is 7.89. The van der Waals surface area contributed by atoms with Gasteiger partial charge in [-0.05, 0) is 68.0 Å². The minimum atomic E-state index is -3.80. The average molecular weight is 415 g/mol. The van der Waals surface area contributed by atoms with E-state index in [2.05, 4.69) is 19.8 Å². The summed E-state index contributed by atoms with van der Waals surface area (Å²) in [6, 6.07) is 4.94. The van der Waals surface area contributed by atoms with E-state index in [-0.39, 0.29) is 11.8 Å². The first-order valence-corrected chi connectivity index (χ1v) is 10.9. The van der Waals surface area contributed by atoms with Gasteiger partial charge in [0.2, 0.25) is 21.7 Å². The molecule has 8 heteroatoms. The third-order valence-electron chi connectivity index (χ3n) is 5.14. The monoisotopic (exact) mass is 414 g/mol. The van der Waals surface area contributed by atoms with Crippen LogP contribution in [-0.2, 0) is 10.0 Å². The Bertz CT molecular complexity index is 1100. The van der Waals surface area contributed by atoms with E-state index in [1.165, 1.54) is 0 Å². The fraction of sp³-hybridized carbons (Fsp3) is 0.381. The lowest BCUT2D eigenvalue weighted by molar-refractivity contribution is 0.311. The van der Waals surface area contributed by atoms with Crippen molar-refractivity contribution in [1.29, 1.82) is 0 Å². The number of pyridine rings is 1. The van der Waals surface area contributed by atoms with Crippen LogP contribution in [0.5, 0.6) is 0 Å². The fourth-order valence-corrected chi connectivity index (χ4v) is 5.21. The van der Waals surface area contributed by atoms with Crippen LogP contribution < -0.4 is 4.72 Å². The van der Waals surface area contributed by atoms with Gasteiger partial charge in [0.05, 0.1) is 4.90 Å². The second-order valence-corrected chi connectivity index (χ2v) is 9.28. The Morgan fingerprint density at radius 2 is 1.72 bits per heavy atom. The third kappa shape index (κ3) is 4.23. The molecule has 0 saturated heterocycles. The Hall–Kier alpha value is -2.58. The summed E-state index contributed by atoms with van der Waals surface area (Å²) in [5, 5.41) is 3.99. The smallest absolute Gasteiger partial charge is 0.245 e. The van der Waals surface area contributed by atoms with E-state index in [0.717, 1.165) is 22.3 Å². The molecular formula is C21H26N4O3S. The molecule has 0 aliphatic heterocycles. The van der Waals surface area contributed by atoms with E-state index in [0.29, 0.717) is 16.3 Å². The Morgan fingerprint density at radius 3 is 2.28 bits per heavy atom. The van der Waals surface area contributed by atoms with Crippen molar-refractivity contribution in [2.75, 3.05) is 0 Å². The first-order valence-electron chi connectivity index (χ1n) is 9.45. The summed E-state index contributed by atoms with van der Waals surface area (Å²) in [4.78, 5) is 8.78. The molecule has 1 unspecified atom stereocenters. The zero-order valence-electron chi connectivity index (χ0n) is 17.5. The van der Waals surface area contributed by atoms with Gasteiger partial charge < -0.3 is 4.52 Å². The summed E-state index contributed by atoms with van der Waals surface area (Å²) in [7, 11) is -3.80. The molecule has 0 spiro atoms. The molecule has 0 fully saturated rings. The van der Waals surface area contributed by atoms with Gasteiger partial charge in [-0.1, -0.05) is 25.1 Å². The van der Waals surface area contributed by atoms with Crippen LogP contribution in [0.4, 0.5) is 0 Å². The van der Waals surface area contributed by atoms with Crippen LogP contribution in [0.15, 0.2) is 40.0 Å². The van der Waals surface area contributed by atoms with Crippen molar-refractivity contribution in [1.82, 2.24) is 19.8 Å². The molecule has 1 atom stereocenters. The number of benzene rings is 1. The molecule has 0 aliphatic carbocycles. The van der Waals surface area contributed by atoms with E-state index >= 15 is 0 Å². The molecule has 2 aromatic heterocycles. The first-order chi connectivity index (χ1) is 13.6. The quantitative estimate of drug-likeness (QED) is 0.654. The molecule has 0 bridgehead atoms. The summed E-state index contributed by atoms with van der Waals surface area (Å²) < 4.78 is 34.9. The topological polar surface area (TPSA) is 98.0 Å². The highest BCUT2D eigenvalue weighted by atomic mass is 32.2. The summed E-state index contributed by atoms with van der Waals surface area (Å²) in [6.45, 7) is 11.3. The predicted molar refractivity (Wildman–Crippen MR) is 111 cm³/mol. The zero-order chi connectivity index (χ0) is 21.3. The van der Waals surface area contributed by atoms with Crippen LogP contribution in [0.25, 0.3) is 11.4 Å². The van der Waals surface area contributed by atoms with Gasteiger partial charge in [0.15, 0.2) is 0 Å². The van der Waals surface area contributed by atoms with Crippen LogP contribution in [-0.4, -0.2) is 23.5 Å². The molecular weight excluding hydrogens is 388 g/mol. The van der Waals surface area contributed by atoms with Crippen molar-refractivity contribution < 1.29 is 12.9 Å². The predicted octanol–water partition coefficient (Wildman–Crippen LogP) is 4.04. The summed E-state index contributed by atoms with van der Waals surface area (Å²) >= 11 is 0. The normalized spacial score (nSPS) is 13.1. The largest absolute Gasteiger partial charge is 0.337 e. The van der Waals surface area contributed by atoms with E-state index in [4.69, 9.17) is 4.52 Å². The van der Waals surface area contributed by atoms with Crippen molar-refractivity contribution in [3.63, 3.8) is 0 Å². The number of nitrogens with zero attached hydrogens (tertiary/aromatic N) is 3. The van der Waals surface area contributed by atoms with Crippen LogP contribution >= 0.6 is 0 Å². The molecule has 3 aromatic rings. The van der Waals surface area contributed by atoms with Gasteiger partial charge in [0, 0.05) is 18.0 Å². The second kappa shape index (κ2) is 8.04. The van der Waals surface area contributed by atoms with Crippen LogP contribution in [0.2, 0.25) is 0 Å². The number of rotatable bonds is 6. The standard InChI is InChI=1S/C21H26N4O3S/c1-12(2)18(21-23-20(24-28-21)17-8-7-9-22-11-17)25-29(26,27)19-15(5)13(3)10-14(4)16(19)6/h7-12,18,25H,1-6H3. The van der Waals surface area contributed by atoms with E-state index in [9.17, 15) is 8.42 Å². The lowest BCUT2D eigenvalue weighted by Crippen LogP contribution is -2.33. The summed E-state index contributed by atoms with van der Waals surface area (Å²) in [5.41, 5.74) is 4.06. The molecule has 0 amide bonds.